The van der Waals surface area contributed by atoms with Crippen molar-refractivity contribution in [3.05, 3.63) is 71.3 Å². The van der Waals surface area contributed by atoms with E-state index >= 15 is 0 Å². The predicted octanol–water partition coefficient (Wildman–Crippen LogP) is 4.79. The maximum Gasteiger partial charge on any atom is 0.408 e. The quantitative estimate of drug-likeness (QED) is 0.256. The van der Waals surface area contributed by atoms with Gasteiger partial charge in [-0.2, -0.15) is 0 Å². The molecular weight excluding hydrogens is 546 g/mol. The molecule has 3 amide bonds. The summed E-state index contributed by atoms with van der Waals surface area (Å²) < 4.78 is 10.2. The van der Waals surface area contributed by atoms with Crippen molar-refractivity contribution < 1.29 is 28.7 Å². The van der Waals surface area contributed by atoms with Crippen molar-refractivity contribution in [2.75, 3.05) is 13.7 Å². The van der Waals surface area contributed by atoms with Crippen molar-refractivity contribution in [1.82, 2.24) is 15.5 Å². The van der Waals surface area contributed by atoms with Gasteiger partial charge in [0.15, 0.2) is 0 Å². The second-order valence-electron chi connectivity index (χ2n) is 11.9. The topological polar surface area (TPSA) is 114 Å². The van der Waals surface area contributed by atoms with Crippen LogP contribution in [0.5, 0.6) is 0 Å². The third-order valence-corrected chi connectivity index (χ3v) is 6.72. The van der Waals surface area contributed by atoms with E-state index in [9.17, 15) is 19.2 Å². The zero-order valence-electron chi connectivity index (χ0n) is 26.3. The summed E-state index contributed by atoms with van der Waals surface area (Å²) in [6.07, 6.45) is 6.37. The number of benzene rings is 2. The second-order valence-corrected chi connectivity index (χ2v) is 11.9. The Balaban J connectivity index is 2.65. The van der Waals surface area contributed by atoms with Gasteiger partial charge in [-0.1, -0.05) is 62.2 Å². The van der Waals surface area contributed by atoms with Crippen LogP contribution in [-0.2, 0) is 30.3 Å². The number of ether oxygens (including phenoxy) is 2. The van der Waals surface area contributed by atoms with Crippen molar-refractivity contribution in [2.24, 2.45) is 5.92 Å². The smallest absolute Gasteiger partial charge is 0.408 e. The molecule has 43 heavy (non-hydrogen) atoms. The fraction of sp³-hybridized carbons (Fsp3) is 0.471. The lowest BCUT2D eigenvalue weighted by Gasteiger charge is -2.39. The van der Waals surface area contributed by atoms with Crippen molar-refractivity contribution in [1.29, 1.82) is 0 Å². The van der Waals surface area contributed by atoms with Crippen molar-refractivity contribution in [3.8, 4) is 12.3 Å². The Kier molecular flexibility index (Phi) is 13.3. The molecule has 0 aliphatic heterocycles. The summed E-state index contributed by atoms with van der Waals surface area (Å²) in [4.78, 5) is 54.9. The Morgan fingerprint density at radius 2 is 1.58 bits per heavy atom. The number of rotatable bonds is 13. The van der Waals surface area contributed by atoms with Gasteiger partial charge in [0, 0.05) is 18.0 Å². The third kappa shape index (κ3) is 11.5. The van der Waals surface area contributed by atoms with Crippen LogP contribution in [0.2, 0.25) is 0 Å². The molecule has 2 rings (SSSR count). The molecule has 0 aliphatic rings. The number of terminal acetylenes is 1. The highest BCUT2D eigenvalue weighted by atomic mass is 16.6. The highest BCUT2D eigenvalue weighted by Crippen LogP contribution is 2.28. The van der Waals surface area contributed by atoms with Gasteiger partial charge in [-0.05, 0) is 69.7 Å². The predicted molar refractivity (Wildman–Crippen MR) is 166 cm³/mol. The number of nitrogens with zero attached hydrogens (tertiary/aromatic N) is 1. The van der Waals surface area contributed by atoms with Gasteiger partial charge in [0.1, 0.15) is 24.2 Å². The highest BCUT2D eigenvalue weighted by molar-refractivity contribution is 5.93. The van der Waals surface area contributed by atoms with Crippen LogP contribution in [0.15, 0.2) is 54.6 Å². The monoisotopic (exact) mass is 591 g/mol. The standard InChI is InChI=1S/C34H45N3O6/c1-9-25-17-19-27(20-18-25)30(31(39)35-22-29(38)42-8)37(24(4)16-15-23(2)3)32(40)28(21-26-13-11-10-12-14-26)36-33(41)43-34(5,6)7/h1,10-14,17-20,23-24,28,30H,15-16,21-22H2,2-8H3,(H,35,39)(H,36,41). The number of nitrogens with one attached hydrogen (secondary N) is 2. The zero-order valence-corrected chi connectivity index (χ0v) is 26.3. The first-order chi connectivity index (χ1) is 20.2. The average Bonchev–Trinajstić information content (AvgIpc) is 2.96. The molecule has 232 valence electrons. The molecule has 9 heteroatoms. The first kappa shape index (κ1) is 34.9. The molecule has 0 radical (unpaired) electrons. The van der Waals surface area contributed by atoms with E-state index in [1.165, 1.54) is 12.0 Å². The third-order valence-electron chi connectivity index (χ3n) is 6.72. The lowest BCUT2D eigenvalue weighted by atomic mass is 9.95. The summed E-state index contributed by atoms with van der Waals surface area (Å²) in [5, 5.41) is 5.38. The molecule has 0 spiro atoms. The first-order valence-corrected chi connectivity index (χ1v) is 14.5. The van der Waals surface area contributed by atoms with E-state index in [1.807, 2.05) is 37.3 Å². The molecule has 0 aliphatic carbocycles. The number of methoxy groups -OCH3 is 1. The summed E-state index contributed by atoms with van der Waals surface area (Å²) in [7, 11) is 1.23. The summed E-state index contributed by atoms with van der Waals surface area (Å²) in [5.41, 5.74) is 1.14. The molecule has 0 aromatic heterocycles. The van der Waals surface area contributed by atoms with Gasteiger partial charge in [-0.3, -0.25) is 14.4 Å². The molecule has 0 saturated carbocycles. The van der Waals surface area contributed by atoms with Crippen molar-refractivity contribution in [3.63, 3.8) is 0 Å². The lowest BCUT2D eigenvalue weighted by Crippen LogP contribution is -2.56. The van der Waals surface area contributed by atoms with E-state index in [0.717, 1.165) is 12.0 Å². The minimum atomic E-state index is -1.13. The number of carbonyl (C=O) groups is 4. The molecule has 0 bridgehead atoms. The fourth-order valence-electron chi connectivity index (χ4n) is 4.52. The van der Waals surface area contributed by atoms with Crippen LogP contribution in [0.1, 0.15) is 77.1 Å². The highest BCUT2D eigenvalue weighted by Gasteiger charge is 2.39. The molecule has 3 unspecified atom stereocenters. The molecule has 2 aromatic carbocycles. The summed E-state index contributed by atoms with van der Waals surface area (Å²) >= 11 is 0. The maximum atomic E-state index is 14.6. The van der Waals surface area contributed by atoms with Gasteiger partial charge in [-0.15, -0.1) is 6.42 Å². The van der Waals surface area contributed by atoms with Crippen molar-refractivity contribution >= 4 is 23.9 Å². The van der Waals surface area contributed by atoms with E-state index in [-0.39, 0.29) is 13.0 Å². The molecule has 9 nitrogen and oxygen atoms in total. The van der Waals surface area contributed by atoms with Crippen LogP contribution in [0.3, 0.4) is 0 Å². The molecular formula is C34H45N3O6. The molecule has 0 fully saturated rings. The zero-order chi connectivity index (χ0) is 32.2. The van der Waals surface area contributed by atoms with Crippen LogP contribution in [0.25, 0.3) is 0 Å². The number of carbonyl (C=O) groups excluding carboxylic acids is 4. The molecule has 0 heterocycles. The number of esters is 1. The summed E-state index contributed by atoms with van der Waals surface area (Å²) in [5.74, 6) is 1.24. The molecule has 3 atom stereocenters. The van der Waals surface area contributed by atoms with Gasteiger partial charge in [0.2, 0.25) is 11.8 Å². The van der Waals surface area contributed by atoms with E-state index in [1.54, 1.807) is 45.0 Å². The number of hydrogen-bond acceptors (Lipinski definition) is 6. The molecule has 2 aromatic rings. The average molecular weight is 592 g/mol. The molecule has 2 N–H and O–H groups in total. The number of hydrogen-bond donors (Lipinski definition) is 2. The minimum absolute atomic E-state index is 0.166. The summed E-state index contributed by atoms with van der Waals surface area (Å²) in [6.45, 7) is 10.9. The van der Waals surface area contributed by atoms with Crippen molar-refractivity contribution in [2.45, 2.75) is 84.5 Å². The Hall–Kier alpha value is -4.32. The van der Waals surface area contributed by atoms with Crippen LogP contribution in [-0.4, -0.2) is 60.1 Å². The Morgan fingerprint density at radius 1 is 0.953 bits per heavy atom. The van der Waals surface area contributed by atoms with Crippen LogP contribution in [0.4, 0.5) is 4.79 Å². The van der Waals surface area contributed by atoms with E-state index in [4.69, 9.17) is 15.9 Å². The number of alkyl carbamates (subject to hydrolysis) is 1. The largest absolute Gasteiger partial charge is 0.468 e. The minimum Gasteiger partial charge on any atom is -0.468 e. The van der Waals surface area contributed by atoms with Crippen LogP contribution in [0, 0.1) is 18.3 Å². The second kappa shape index (κ2) is 16.4. The van der Waals surface area contributed by atoms with Gasteiger partial charge < -0.3 is 25.0 Å². The maximum absolute atomic E-state index is 14.6. The van der Waals surface area contributed by atoms with E-state index < -0.39 is 47.6 Å². The SMILES string of the molecule is C#Cc1ccc(C(C(=O)NCC(=O)OC)N(C(=O)C(Cc2ccccc2)NC(=O)OC(C)(C)C)C(C)CCC(C)C)cc1. The summed E-state index contributed by atoms with van der Waals surface area (Å²) in [6, 6.07) is 13.5. The van der Waals surface area contributed by atoms with Crippen LogP contribution >= 0.6 is 0 Å². The fourth-order valence-corrected chi connectivity index (χ4v) is 4.52. The van der Waals surface area contributed by atoms with Gasteiger partial charge >= 0.3 is 12.1 Å². The number of amides is 3. The first-order valence-electron chi connectivity index (χ1n) is 14.5. The normalized spacial score (nSPS) is 13.2. The van der Waals surface area contributed by atoms with Gasteiger partial charge in [0.05, 0.1) is 7.11 Å². The lowest BCUT2D eigenvalue weighted by molar-refractivity contribution is -0.146. The Bertz CT molecular complexity index is 1260. The van der Waals surface area contributed by atoms with E-state index in [0.29, 0.717) is 23.5 Å². The Morgan fingerprint density at radius 3 is 2.12 bits per heavy atom. The van der Waals surface area contributed by atoms with Gasteiger partial charge in [0.25, 0.3) is 0 Å². The molecule has 0 saturated heterocycles. The van der Waals surface area contributed by atoms with Gasteiger partial charge in [-0.25, -0.2) is 4.79 Å². The Labute approximate surface area is 255 Å². The van der Waals surface area contributed by atoms with E-state index in [2.05, 4.69) is 30.4 Å². The van der Waals surface area contributed by atoms with Crippen LogP contribution < -0.4 is 10.6 Å².